The second-order valence-corrected chi connectivity index (χ2v) is 13.1. The summed E-state index contributed by atoms with van der Waals surface area (Å²) in [7, 11) is -3.60. The minimum atomic E-state index is -3.60. The fourth-order valence-corrected chi connectivity index (χ4v) is 6.14. The molecule has 3 heterocycles. The number of aliphatic hydroxyl groups excluding tert-OH is 1. The van der Waals surface area contributed by atoms with Gasteiger partial charge in [0.25, 0.3) is 31.2 Å². The molecule has 7 N–H and O–H groups in total. The van der Waals surface area contributed by atoms with Gasteiger partial charge in [-0.15, -0.1) is 5.06 Å². The summed E-state index contributed by atoms with van der Waals surface area (Å²) >= 11 is 0. The van der Waals surface area contributed by atoms with Crippen molar-refractivity contribution in [3.8, 4) is 0 Å². The number of hydrogen-bond acceptors (Lipinski definition) is 12. The van der Waals surface area contributed by atoms with Gasteiger partial charge in [0.15, 0.2) is 0 Å². The van der Waals surface area contributed by atoms with E-state index in [-0.39, 0.29) is 84.5 Å². The van der Waals surface area contributed by atoms with Gasteiger partial charge in [0.2, 0.25) is 23.6 Å². The van der Waals surface area contributed by atoms with Gasteiger partial charge in [-0.3, -0.25) is 47.8 Å². The lowest BCUT2D eigenvalue weighted by Gasteiger charge is -2.23. The van der Waals surface area contributed by atoms with Crippen LogP contribution in [0, 0.1) is 0 Å². The predicted molar refractivity (Wildman–Crippen MR) is 169 cm³/mol. The van der Waals surface area contributed by atoms with Crippen LogP contribution in [0.4, 0.5) is 0 Å². The number of carbonyl (C=O) groups excluding carboxylic acids is 9. The van der Waals surface area contributed by atoms with Crippen LogP contribution in [0.3, 0.4) is 0 Å². The Bertz CT molecular complexity index is 1430. The molecule has 0 saturated carbocycles. The normalized spacial score (nSPS) is 18.2. The lowest BCUT2D eigenvalue weighted by Crippen LogP contribution is -2.42. The third-order valence-corrected chi connectivity index (χ3v) is 9.16. The first-order chi connectivity index (χ1) is 23.8. The Morgan fingerprint density at radius 3 is 1.64 bits per heavy atom. The van der Waals surface area contributed by atoms with E-state index in [0.717, 1.165) is 22.0 Å². The molecular weight excluding hydrogens is 685 g/mol. The third kappa shape index (κ3) is 12.9. The summed E-state index contributed by atoms with van der Waals surface area (Å²) in [4.78, 5) is 113. The SMILES string of the molecule is O=C(CCC(=O)ON1C(=O)CCC1=O)NCCNP(=O)(NCCNC(=O)CCN1C(=O)C=CC1=O)NCCNC(=O)CCN1C(=O)C=CC1O. The largest absolute Gasteiger partial charge is 0.370 e. The van der Waals surface area contributed by atoms with Gasteiger partial charge in [-0.05, 0) is 6.08 Å². The summed E-state index contributed by atoms with van der Waals surface area (Å²) in [6.45, 7) is -0.132. The molecule has 0 aromatic carbocycles. The third-order valence-electron chi connectivity index (χ3n) is 7.16. The highest BCUT2D eigenvalue weighted by atomic mass is 31.2. The molecule has 0 spiro atoms. The molecule has 50 heavy (non-hydrogen) atoms. The van der Waals surface area contributed by atoms with Crippen molar-refractivity contribution in [2.45, 2.75) is 44.8 Å². The van der Waals surface area contributed by atoms with E-state index in [0.29, 0.717) is 5.06 Å². The lowest BCUT2D eigenvalue weighted by atomic mass is 10.3. The number of rotatable bonds is 22. The van der Waals surface area contributed by atoms with Gasteiger partial charge in [-0.25, -0.2) is 20.1 Å². The molecule has 0 aliphatic carbocycles. The lowest BCUT2D eigenvalue weighted by molar-refractivity contribution is -0.197. The van der Waals surface area contributed by atoms with Crippen molar-refractivity contribution in [3.63, 3.8) is 0 Å². The monoisotopic (exact) mass is 725 g/mol. The van der Waals surface area contributed by atoms with Gasteiger partial charge in [-0.1, -0.05) is 0 Å². The van der Waals surface area contributed by atoms with Crippen LogP contribution >= 0.6 is 7.59 Å². The Morgan fingerprint density at radius 1 is 0.680 bits per heavy atom. The summed E-state index contributed by atoms with van der Waals surface area (Å²) < 4.78 is 13.6. The summed E-state index contributed by atoms with van der Waals surface area (Å²) in [5.74, 6) is -5.10. The molecule has 22 heteroatoms. The number of nitrogens with one attached hydrogen (secondary N) is 6. The van der Waals surface area contributed by atoms with Crippen LogP contribution in [0.15, 0.2) is 24.3 Å². The van der Waals surface area contributed by atoms with E-state index in [4.69, 9.17) is 4.84 Å². The highest BCUT2D eigenvalue weighted by Gasteiger charge is 2.33. The maximum atomic E-state index is 13.6. The van der Waals surface area contributed by atoms with Crippen molar-refractivity contribution in [1.29, 1.82) is 0 Å². The Hall–Kier alpha value is -4.82. The fraction of sp³-hybridized carbons (Fsp3) is 0.536. The average Bonchev–Trinajstić information content (AvgIpc) is 3.70. The molecular formula is C28H40N9O12P. The fourth-order valence-electron chi connectivity index (χ4n) is 4.53. The Morgan fingerprint density at radius 2 is 1.16 bits per heavy atom. The van der Waals surface area contributed by atoms with Crippen molar-refractivity contribution in [2.24, 2.45) is 0 Å². The van der Waals surface area contributed by atoms with E-state index >= 15 is 0 Å². The van der Waals surface area contributed by atoms with E-state index in [1.807, 2.05) is 0 Å². The molecule has 0 radical (unpaired) electrons. The molecule has 0 aromatic rings. The van der Waals surface area contributed by atoms with Crippen LogP contribution < -0.4 is 31.2 Å². The summed E-state index contributed by atoms with van der Waals surface area (Å²) in [6, 6.07) is 0. The van der Waals surface area contributed by atoms with Crippen LogP contribution in [-0.2, 0) is 52.6 Å². The van der Waals surface area contributed by atoms with E-state index in [2.05, 4.69) is 31.2 Å². The zero-order valence-electron chi connectivity index (χ0n) is 27.0. The topological polar surface area (TPSA) is 282 Å². The molecule has 2 unspecified atom stereocenters. The number of nitrogens with zero attached hydrogens (tertiary/aromatic N) is 3. The number of aliphatic hydroxyl groups is 1. The minimum absolute atomic E-state index is 0.00459. The van der Waals surface area contributed by atoms with Crippen molar-refractivity contribution < 1.29 is 57.7 Å². The highest BCUT2D eigenvalue weighted by molar-refractivity contribution is 7.57. The van der Waals surface area contributed by atoms with Gasteiger partial charge < -0.3 is 30.8 Å². The number of imide groups is 2. The maximum absolute atomic E-state index is 13.6. The van der Waals surface area contributed by atoms with Crippen LogP contribution in [0.25, 0.3) is 0 Å². The number of carbonyl (C=O) groups is 9. The molecule has 0 aromatic heterocycles. The smallest absolute Gasteiger partial charge is 0.333 e. The van der Waals surface area contributed by atoms with Crippen molar-refractivity contribution in [2.75, 3.05) is 52.4 Å². The Kier molecular flexibility index (Phi) is 15.4. The molecule has 3 aliphatic rings. The van der Waals surface area contributed by atoms with Crippen molar-refractivity contribution in [1.82, 2.24) is 46.1 Å². The van der Waals surface area contributed by atoms with Gasteiger partial charge in [0.1, 0.15) is 6.23 Å². The number of amides is 8. The molecule has 3 aliphatic heterocycles. The summed E-state index contributed by atoms with van der Waals surface area (Å²) in [5.41, 5.74) is 0. The summed E-state index contributed by atoms with van der Waals surface area (Å²) in [6.07, 6.45) is 2.58. The van der Waals surface area contributed by atoms with Crippen LogP contribution in [-0.4, -0.2) is 132 Å². The van der Waals surface area contributed by atoms with Crippen LogP contribution in [0.1, 0.15) is 38.5 Å². The first kappa shape index (κ1) is 39.6. The molecule has 2 atom stereocenters. The molecule has 1 saturated heterocycles. The van der Waals surface area contributed by atoms with Crippen molar-refractivity contribution in [3.05, 3.63) is 24.3 Å². The zero-order chi connectivity index (χ0) is 36.7. The number of hydroxylamine groups is 2. The van der Waals surface area contributed by atoms with Gasteiger partial charge in [0, 0.05) is 103 Å². The molecule has 3 rings (SSSR count). The maximum Gasteiger partial charge on any atom is 0.333 e. The van der Waals surface area contributed by atoms with Crippen LogP contribution in [0.5, 0.6) is 0 Å². The standard InChI is InChI=1S/C28H40N9O12P/c38-19(1-8-28(47)49-37-26(45)6-7-27(37)46)29-11-14-32-50(48,33-15-12-30-20(39)9-17-35-22(41)2-3-23(35)42)34-16-13-31-21(40)10-18-36-24(43)4-5-25(36)44/h2-5,22,41H,1,6-18H2,(H,29,38)(H,30,39)(H,31,40)(H3,32,33,34,48). The van der Waals surface area contributed by atoms with Gasteiger partial charge in [0.05, 0.1) is 6.42 Å². The van der Waals surface area contributed by atoms with E-state index in [9.17, 15) is 52.8 Å². The molecule has 274 valence electrons. The molecule has 21 nitrogen and oxygen atoms in total. The second-order valence-electron chi connectivity index (χ2n) is 10.9. The predicted octanol–water partition coefficient (Wildman–Crippen LogP) is -3.98. The van der Waals surface area contributed by atoms with Gasteiger partial charge >= 0.3 is 5.97 Å². The zero-order valence-corrected chi connectivity index (χ0v) is 27.9. The molecule has 0 bridgehead atoms. The van der Waals surface area contributed by atoms with E-state index in [1.165, 1.54) is 12.2 Å². The molecule has 8 amide bonds. The Labute approximate surface area is 286 Å². The quantitative estimate of drug-likeness (QED) is 0.0318. The van der Waals surface area contributed by atoms with Crippen LogP contribution in [0.2, 0.25) is 0 Å². The average molecular weight is 726 g/mol. The molecule has 1 fully saturated rings. The first-order valence-corrected chi connectivity index (χ1v) is 17.4. The summed E-state index contributed by atoms with van der Waals surface area (Å²) in [5, 5.41) is 26.1. The second kappa shape index (κ2) is 19.4. The van der Waals surface area contributed by atoms with E-state index < -0.39 is 73.5 Å². The van der Waals surface area contributed by atoms with Crippen molar-refractivity contribution >= 4 is 60.8 Å². The number of hydrogen-bond donors (Lipinski definition) is 7. The minimum Gasteiger partial charge on any atom is -0.370 e. The van der Waals surface area contributed by atoms with E-state index in [1.54, 1.807) is 0 Å². The Balaban J connectivity index is 1.38. The highest BCUT2D eigenvalue weighted by Crippen LogP contribution is 2.28. The first-order valence-electron chi connectivity index (χ1n) is 15.7. The van der Waals surface area contributed by atoms with Gasteiger partial charge in [-0.2, -0.15) is 0 Å².